The summed E-state index contributed by atoms with van der Waals surface area (Å²) < 4.78 is 7.13. The van der Waals surface area contributed by atoms with Crippen LogP contribution in [0.15, 0.2) is 40.8 Å². The first-order valence-corrected chi connectivity index (χ1v) is 8.11. The van der Waals surface area contributed by atoms with E-state index in [1.54, 1.807) is 11.3 Å². The Labute approximate surface area is 128 Å². The molecule has 1 aromatic carbocycles. The van der Waals surface area contributed by atoms with Crippen LogP contribution < -0.4 is 5.32 Å². The third kappa shape index (κ3) is 2.49. The quantitative estimate of drug-likeness (QED) is 0.773. The topological polar surface area (TPSA) is 38.1 Å². The molecule has 1 unspecified atom stereocenters. The van der Waals surface area contributed by atoms with E-state index in [4.69, 9.17) is 4.42 Å². The minimum absolute atomic E-state index is 0.447. The normalized spacial score (nSPS) is 20.0. The second-order valence-electron chi connectivity index (χ2n) is 6.38. The second kappa shape index (κ2) is 4.68. The minimum Gasteiger partial charge on any atom is -0.457 e. The fourth-order valence-electron chi connectivity index (χ4n) is 2.60. The van der Waals surface area contributed by atoms with E-state index in [2.05, 4.69) is 30.2 Å². The highest BCUT2D eigenvalue weighted by atomic mass is 32.1. The second-order valence-corrected chi connectivity index (χ2v) is 7.41. The first-order chi connectivity index (χ1) is 10.1. The molecule has 2 aromatic heterocycles. The molecule has 1 aliphatic carbocycles. The molecular formula is C17H18N2OS. The standard InChI is InChI=1S/C17H18N2OS/c1-17(2)9-15(17)18-10-11-7-8-13(20-11)16-19-12-5-3-4-6-14(12)21-16/h3-8,15,18H,9-10H2,1-2H3. The van der Waals surface area contributed by atoms with Crippen LogP contribution in [-0.4, -0.2) is 11.0 Å². The summed E-state index contributed by atoms with van der Waals surface area (Å²) in [6, 6.07) is 12.9. The Balaban J connectivity index is 1.51. The first kappa shape index (κ1) is 13.0. The third-order valence-electron chi connectivity index (χ3n) is 4.20. The van der Waals surface area contributed by atoms with Gasteiger partial charge in [0.05, 0.1) is 16.8 Å². The van der Waals surface area contributed by atoms with Crippen molar-refractivity contribution < 1.29 is 4.42 Å². The number of nitrogens with one attached hydrogen (secondary N) is 1. The summed E-state index contributed by atoms with van der Waals surface area (Å²) in [4.78, 5) is 4.63. The van der Waals surface area contributed by atoms with Crippen molar-refractivity contribution in [1.82, 2.24) is 10.3 Å². The molecule has 108 valence electrons. The average Bonchev–Trinajstić information content (AvgIpc) is 2.91. The van der Waals surface area contributed by atoms with E-state index >= 15 is 0 Å². The Hall–Kier alpha value is -1.65. The van der Waals surface area contributed by atoms with Gasteiger partial charge < -0.3 is 9.73 Å². The molecule has 21 heavy (non-hydrogen) atoms. The molecule has 1 N–H and O–H groups in total. The molecule has 3 aromatic rings. The lowest BCUT2D eigenvalue weighted by atomic mass is 10.2. The third-order valence-corrected chi connectivity index (χ3v) is 5.25. The molecule has 4 rings (SSSR count). The molecule has 1 saturated carbocycles. The molecule has 0 spiro atoms. The number of fused-ring (bicyclic) bond motifs is 1. The summed E-state index contributed by atoms with van der Waals surface area (Å²) in [6.45, 7) is 5.37. The summed E-state index contributed by atoms with van der Waals surface area (Å²) in [5.41, 5.74) is 1.48. The van der Waals surface area contributed by atoms with E-state index in [-0.39, 0.29) is 0 Å². The molecule has 0 saturated heterocycles. The number of hydrogen-bond acceptors (Lipinski definition) is 4. The van der Waals surface area contributed by atoms with Gasteiger partial charge in [-0.1, -0.05) is 26.0 Å². The average molecular weight is 298 g/mol. The van der Waals surface area contributed by atoms with E-state index in [1.165, 1.54) is 11.1 Å². The minimum atomic E-state index is 0.447. The van der Waals surface area contributed by atoms with Crippen LogP contribution in [0.25, 0.3) is 21.0 Å². The Morgan fingerprint density at radius 3 is 2.86 bits per heavy atom. The maximum absolute atomic E-state index is 5.93. The molecule has 0 amide bonds. The van der Waals surface area contributed by atoms with Gasteiger partial charge in [0, 0.05) is 6.04 Å². The molecule has 2 heterocycles. The Bertz CT molecular complexity index is 754. The number of para-hydroxylation sites is 1. The smallest absolute Gasteiger partial charge is 0.163 e. The SMILES string of the molecule is CC1(C)CC1NCc1ccc(-c2nc3ccccc3s2)o1. The van der Waals surface area contributed by atoms with Crippen molar-refractivity contribution in [3.8, 4) is 10.8 Å². The highest BCUT2D eigenvalue weighted by Crippen LogP contribution is 2.44. The van der Waals surface area contributed by atoms with Crippen LogP contribution in [-0.2, 0) is 6.54 Å². The number of hydrogen-bond donors (Lipinski definition) is 1. The van der Waals surface area contributed by atoms with E-state index in [0.717, 1.165) is 28.6 Å². The van der Waals surface area contributed by atoms with Crippen molar-refractivity contribution in [2.75, 3.05) is 0 Å². The van der Waals surface area contributed by atoms with E-state index in [1.807, 2.05) is 30.3 Å². The van der Waals surface area contributed by atoms with Crippen molar-refractivity contribution >= 4 is 21.6 Å². The maximum Gasteiger partial charge on any atom is 0.163 e. The zero-order valence-corrected chi connectivity index (χ0v) is 13.0. The molecule has 1 aliphatic rings. The molecular weight excluding hydrogens is 280 g/mol. The molecule has 1 atom stereocenters. The summed E-state index contributed by atoms with van der Waals surface area (Å²) in [5, 5.41) is 4.50. The zero-order chi connectivity index (χ0) is 14.4. The Morgan fingerprint density at radius 1 is 1.29 bits per heavy atom. The summed E-state index contributed by atoms with van der Waals surface area (Å²) in [6.07, 6.45) is 1.25. The predicted octanol–water partition coefficient (Wildman–Crippen LogP) is 4.44. The Morgan fingerprint density at radius 2 is 2.10 bits per heavy atom. The number of thiazole rings is 1. The van der Waals surface area contributed by atoms with Crippen LogP contribution in [0.3, 0.4) is 0 Å². The van der Waals surface area contributed by atoms with E-state index in [9.17, 15) is 0 Å². The fourth-order valence-corrected chi connectivity index (χ4v) is 3.53. The van der Waals surface area contributed by atoms with Crippen molar-refractivity contribution in [1.29, 1.82) is 0 Å². The molecule has 0 radical (unpaired) electrons. The van der Waals surface area contributed by atoms with Crippen molar-refractivity contribution in [2.45, 2.75) is 32.9 Å². The molecule has 0 aliphatic heterocycles. The van der Waals surface area contributed by atoms with Gasteiger partial charge in [-0.15, -0.1) is 11.3 Å². The highest BCUT2D eigenvalue weighted by molar-refractivity contribution is 7.21. The van der Waals surface area contributed by atoms with Crippen LogP contribution in [0.1, 0.15) is 26.0 Å². The predicted molar refractivity (Wildman–Crippen MR) is 86.3 cm³/mol. The van der Waals surface area contributed by atoms with Gasteiger partial charge in [-0.3, -0.25) is 0 Å². The summed E-state index contributed by atoms with van der Waals surface area (Å²) >= 11 is 1.67. The lowest BCUT2D eigenvalue weighted by Crippen LogP contribution is -2.19. The fraction of sp³-hybridized carbons (Fsp3) is 0.353. The van der Waals surface area contributed by atoms with Gasteiger partial charge in [-0.25, -0.2) is 4.98 Å². The maximum atomic E-state index is 5.93. The monoisotopic (exact) mass is 298 g/mol. The number of aromatic nitrogens is 1. The van der Waals surface area contributed by atoms with Crippen LogP contribution in [0.4, 0.5) is 0 Å². The molecule has 1 fully saturated rings. The van der Waals surface area contributed by atoms with Crippen molar-refractivity contribution in [3.63, 3.8) is 0 Å². The molecule has 4 heteroatoms. The zero-order valence-electron chi connectivity index (χ0n) is 12.2. The number of furan rings is 1. The lowest BCUT2D eigenvalue weighted by Gasteiger charge is -2.04. The molecule has 3 nitrogen and oxygen atoms in total. The van der Waals surface area contributed by atoms with Gasteiger partial charge >= 0.3 is 0 Å². The number of nitrogens with zero attached hydrogens (tertiary/aromatic N) is 1. The van der Waals surface area contributed by atoms with Gasteiger partial charge in [-0.2, -0.15) is 0 Å². The van der Waals surface area contributed by atoms with E-state index < -0.39 is 0 Å². The largest absolute Gasteiger partial charge is 0.457 e. The lowest BCUT2D eigenvalue weighted by molar-refractivity contribution is 0.470. The number of benzene rings is 1. The van der Waals surface area contributed by atoms with E-state index in [0.29, 0.717) is 11.5 Å². The summed E-state index contributed by atoms with van der Waals surface area (Å²) in [7, 11) is 0. The van der Waals surface area contributed by atoms with Crippen LogP contribution >= 0.6 is 11.3 Å². The van der Waals surface area contributed by atoms with Gasteiger partial charge in [0.1, 0.15) is 5.76 Å². The molecule has 0 bridgehead atoms. The van der Waals surface area contributed by atoms with Crippen LogP contribution in [0.5, 0.6) is 0 Å². The van der Waals surface area contributed by atoms with Crippen molar-refractivity contribution in [2.24, 2.45) is 5.41 Å². The van der Waals surface area contributed by atoms with Gasteiger partial charge in [0.2, 0.25) is 0 Å². The number of rotatable bonds is 4. The Kier molecular flexibility index (Phi) is 2.91. The van der Waals surface area contributed by atoms with Crippen LogP contribution in [0.2, 0.25) is 0 Å². The van der Waals surface area contributed by atoms with Gasteiger partial charge in [0.15, 0.2) is 10.8 Å². The van der Waals surface area contributed by atoms with Gasteiger partial charge in [0.25, 0.3) is 0 Å². The van der Waals surface area contributed by atoms with Crippen LogP contribution in [0, 0.1) is 5.41 Å². The van der Waals surface area contributed by atoms with Crippen molar-refractivity contribution in [3.05, 3.63) is 42.2 Å². The van der Waals surface area contributed by atoms with Gasteiger partial charge in [-0.05, 0) is 36.1 Å². The summed E-state index contributed by atoms with van der Waals surface area (Å²) in [5.74, 6) is 1.84. The highest BCUT2D eigenvalue weighted by Gasteiger charge is 2.45. The first-order valence-electron chi connectivity index (χ1n) is 7.30.